The summed E-state index contributed by atoms with van der Waals surface area (Å²) in [5.41, 5.74) is 0. The molecule has 2 aromatic carbocycles. The molecule has 0 aromatic heterocycles. The number of unbranched alkanes of at least 4 members (excludes halogenated alkanes) is 2. The van der Waals surface area contributed by atoms with E-state index < -0.39 is 7.49 Å². The molecule has 0 amide bonds. The van der Waals surface area contributed by atoms with Crippen LogP contribution in [0.15, 0.2) is 60.7 Å². The summed E-state index contributed by atoms with van der Waals surface area (Å²) in [6.07, 6.45) is 3.62. The standard InChI is InChI=1S/C18H24OP/c1-3-4-11-16-19-20(2,17-12-7-5-8-13-17)18-14-9-6-10-15-18/h5-10,12-15H,3-4,11,16H2,1-2H3/q+1. The highest BCUT2D eigenvalue weighted by atomic mass is 31.2. The van der Waals surface area contributed by atoms with Crippen molar-refractivity contribution in [1.29, 1.82) is 0 Å². The zero-order chi connectivity index (χ0) is 14.3. The molecule has 0 atom stereocenters. The molecule has 0 saturated carbocycles. The van der Waals surface area contributed by atoms with E-state index in [4.69, 9.17) is 4.52 Å². The molecule has 0 heterocycles. The normalized spacial score (nSPS) is 11.5. The van der Waals surface area contributed by atoms with Crippen LogP contribution in [0.3, 0.4) is 0 Å². The highest BCUT2D eigenvalue weighted by molar-refractivity contribution is 7.84. The highest BCUT2D eigenvalue weighted by Gasteiger charge is 2.39. The first kappa shape index (κ1) is 15.2. The van der Waals surface area contributed by atoms with Gasteiger partial charge in [-0.05, 0) is 30.7 Å². The molecule has 0 aliphatic carbocycles. The Kier molecular flexibility index (Phi) is 5.76. The van der Waals surface area contributed by atoms with Crippen molar-refractivity contribution in [3.05, 3.63) is 60.7 Å². The van der Waals surface area contributed by atoms with E-state index in [1.807, 2.05) is 0 Å². The number of benzene rings is 2. The number of hydrogen-bond donors (Lipinski definition) is 0. The van der Waals surface area contributed by atoms with Crippen molar-refractivity contribution in [3.63, 3.8) is 0 Å². The highest BCUT2D eigenvalue weighted by Crippen LogP contribution is 2.53. The topological polar surface area (TPSA) is 9.23 Å². The predicted molar refractivity (Wildman–Crippen MR) is 90.5 cm³/mol. The zero-order valence-corrected chi connectivity index (χ0v) is 13.4. The van der Waals surface area contributed by atoms with Crippen LogP contribution in [0.5, 0.6) is 0 Å². The Morgan fingerprint density at radius 2 is 1.30 bits per heavy atom. The van der Waals surface area contributed by atoms with E-state index >= 15 is 0 Å². The average molecular weight is 287 g/mol. The van der Waals surface area contributed by atoms with Gasteiger partial charge in [-0.1, -0.05) is 56.2 Å². The lowest BCUT2D eigenvalue weighted by atomic mass is 10.3. The molecule has 0 aliphatic rings. The van der Waals surface area contributed by atoms with Gasteiger partial charge in [-0.2, -0.15) is 0 Å². The fraction of sp³-hybridized carbons (Fsp3) is 0.333. The monoisotopic (exact) mass is 287 g/mol. The lowest BCUT2D eigenvalue weighted by Gasteiger charge is -2.21. The first-order chi connectivity index (χ1) is 9.77. The first-order valence-electron chi connectivity index (χ1n) is 7.39. The van der Waals surface area contributed by atoms with Crippen LogP contribution < -0.4 is 10.6 Å². The van der Waals surface area contributed by atoms with Gasteiger partial charge in [0.2, 0.25) is 7.49 Å². The van der Waals surface area contributed by atoms with E-state index in [-0.39, 0.29) is 0 Å². The van der Waals surface area contributed by atoms with Crippen molar-refractivity contribution in [3.8, 4) is 0 Å². The molecular formula is C18H24OP+. The SMILES string of the molecule is CCCCCO[P+](C)(c1ccccc1)c1ccccc1. The zero-order valence-electron chi connectivity index (χ0n) is 12.5. The molecule has 106 valence electrons. The summed E-state index contributed by atoms with van der Waals surface area (Å²) in [5.74, 6) is 0. The van der Waals surface area contributed by atoms with Crippen molar-refractivity contribution >= 4 is 18.1 Å². The van der Waals surface area contributed by atoms with Crippen LogP contribution in [0.1, 0.15) is 26.2 Å². The Hall–Kier alpha value is -1.17. The van der Waals surface area contributed by atoms with E-state index in [0.29, 0.717) is 0 Å². The molecule has 0 spiro atoms. The van der Waals surface area contributed by atoms with Crippen LogP contribution in [-0.2, 0) is 4.52 Å². The molecule has 0 unspecified atom stereocenters. The fourth-order valence-electron chi connectivity index (χ4n) is 2.32. The van der Waals surface area contributed by atoms with Crippen LogP contribution in [0, 0.1) is 0 Å². The molecule has 2 rings (SSSR count). The number of hydrogen-bond acceptors (Lipinski definition) is 1. The number of rotatable bonds is 7. The third kappa shape index (κ3) is 3.69. The maximum Gasteiger partial charge on any atom is 0.207 e. The Bertz CT molecular complexity index is 456. The van der Waals surface area contributed by atoms with Crippen molar-refractivity contribution in [2.45, 2.75) is 26.2 Å². The van der Waals surface area contributed by atoms with Crippen molar-refractivity contribution in [2.24, 2.45) is 0 Å². The minimum Gasteiger partial charge on any atom is -0.227 e. The third-order valence-corrected chi connectivity index (χ3v) is 6.86. The summed E-state index contributed by atoms with van der Waals surface area (Å²) < 4.78 is 6.41. The third-order valence-electron chi connectivity index (χ3n) is 3.60. The molecule has 0 fully saturated rings. The van der Waals surface area contributed by atoms with Gasteiger partial charge in [-0.15, -0.1) is 0 Å². The molecule has 1 nitrogen and oxygen atoms in total. The second-order valence-corrected chi connectivity index (χ2v) is 8.27. The Balaban J connectivity index is 2.24. The molecule has 2 heteroatoms. The summed E-state index contributed by atoms with van der Waals surface area (Å²) in [6, 6.07) is 21.3. The average Bonchev–Trinajstić information content (AvgIpc) is 2.53. The smallest absolute Gasteiger partial charge is 0.207 e. The fourth-order valence-corrected chi connectivity index (χ4v) is 4.89. The second-order valence-electron chi connectivity index (χ2n) is 5.14. The van der Waals surface area contributed by atoms with Crippen molar-refractivity contribution in [1.82, 2.24) is 0 Å². The molecule has 0 N–H and O–H groups in total. The van der Waals surface area contributed by atoms with Gasteiger partial charge in [0.25, 0.3) is 0 Å². The molecule has 0 radical (unpaired) electrons. The minimum absolute atomic E-state index is 0.849. The van der Waals surface area contributed by atoms with Gasteiger partial charge in [0.15, 0.2) is 0 Å². The quantitative estimate of drug-likeness (QED) is 0.541. The van der Waals surface area contributed by atoms with Gasteiger partial charge in [0.05, 0.1) is 13.3 Å². The molecule has 0 saturated heterocycles. The summed E-state index contributed by atoms with van der Waals surface area (Å²) in [7, 11) is -1.71. The summed E-state index contributed by atoms with van der Waals surface area (Å²) in [5, 5.41) is 2.64. The lowest BCUT2D eigenvalue weighted by molar-refractivity contribution is 0.338. The van der Waals surface area contributed by atoms with E-state index in [2.05, 4.69) is 74.3 Å². The van der Waals surface area contributed by atoms with Crippen LogP contribution >= 0.6 is 7.49 Å². The molecule has 0 bridgehead atoms. The largest absolute Gasteiger partial charge is 0.227 e. The van der Waals surface area contributed by atoms with Crippen molar-refractivity contribution in [2.75, 3.05) is 13.3 Å². The van der Waals surface area contributed by atoms with E-state index in [1.165, 1.54) is 23.5 Å². The molecule has 2 aromatic rings. The van der Waals surface area contributed by atoms with Crippen LogP contribution in [0.25, 0.3) is 0 Å². The lowest BCUT2D eigenvalue weighted by Crippen LogP contribution is -2.23. The van der Waals surface area contributed by atoms with E-state index in [1.54, 1.807) is 0 Å². The minimum atomic E-state index is -1.71. The maximum atomic E-state index is 6.41. The summed E-state index contributed by atoms with van der Waals surface area (Å²) in [6.45, 7) is 5.36. The first-order valence-corrected chi connectivity index (χ1v) is 9.55. The summed E-state index contributed by atoms with van der Waals surface area (Å²) in [4.78, 5) is 0. The van der Waals surface area contributed by atoms with Crippen LogP contribution in [0.4, 0.5) is 0 Å². The molecule has 0 aliphatic heterocycles. The van der Waals surface area contributed by atoms with Gasteiger partial charge in [0, 0.05) is 0 Å². The predicted octanol–water partition coefficient (Wildman–Crippen LogP) is 4.41. The maximum absolute atomic E-state index is 6.41. The van der Waals surface area contributed by atoms with Gasteiger partial charge in [-0.25, -0.2) is 4.52 Å². The van der Waals surface area contributed by atoms with Gasteiger partial charge >= 0.3 is 0 Å². The van der Waals surface area contributed by atoms with Crippen molar-refractivity contribution < 1.29 is 4.52 Å². The van der Waals surface area contributed by atoms with Gasteiger partial charge in [0.1, 0.15) is 10.6 Å². The Labute approximate surface area is 123 Å². The Morgan fingerprint density at radius 1 is 0.800 bits per heavy atom. The van der Waals surface area contributed by atoms with Gasteiger partial charge < -0.3 is 0 Å². The summed E-state index contributed by atoms with van der Waals surface area (Å²) >= 11 is 0. The van der Waals surface area contributed by atoms with E-state index in [9.17, 15) is 0 Å². The van der Waals surface area contributed by atoms with Crippen LogP contribution in [-0.4, -0.2) is 13.3 Å². The molecule has 20 heavy (non-hydrogen) atoms. The van der Waals surface area contributed by atoms with E-state index in [0.717, 1.165) is 13.0 Å². The Morgan fingerprint density at radius 3 is 1.75 bits per heavy atom. The molecular weight excluding hydrogens is 263 g/mol. The van der Waals surface area contributed by atoms with Crippen LogP contribution in [0.2, 0.25) is 0 Å². The second kappa shape index (κ2) is 7.57. The van der Waals surface area contributed by atoms with Gasteiger partial charge in [-0.3, -0.25) is 0 Å².